The van der Waals surface area contributed by atoms with Gasteiger partial charge in [0.05, 0.1) is 16.6 Å². The second-order valence-corrected chi connectivity index (χ2v) is 7.19. The molecule has 2 heterocycles. The average molecular weight is 311 g/mol. The van der Waals surface area contributed by atoms with Crippen LogP contribution >= 0.6 is 22.7 Å². The summed E-state index contributed by atoms with van der Waals surface area (Å²) in [5, 5.41) is 2.59. The second-order valence-electron chi connectivity index (χ2n) is 4.96. The van der Waals surface area contributed by atoms with Gasteiger partial charge in [0.1, 0.15) is 16.3 Å². The highest BCUT2D eigenvalue weighted by atomic mass is 32.1. The van der Waals surface area contributed by atoms with Crippen LogP contribution in [0.25, 0.3) is 20.4 Å². The molecular weight excluding hydrogens is 296 g/mol. The van der Waals surface area contributed by atoms with Gasteiger partial charge in [0.25, 0.3) is 0 Å². The van der Waals surface area contributed by atoms with Crippen molar-refractivity contribution in [3.8, 4) is 0 Å². The normalized spacial score (nSPS) is 11.5. The van der Waals surface area contributed by atoms with Crippen molar-refractivity contribution in [3.05, 3.63) is 58.5 Å². The van der Waals surface area contributed by atoms with Crippen LogP contribution in [0.4, 0.5) is 0 Å². The summed E-state index contributed by atoms with van der Waals surface area (Å²) < 4.78 is 5.04. The van der Waals surface area contributed by atoms with Crippen molar-refractivity contribution in [1.29, 1.82) is 0 Å². The third-order valence-electron chi connectivity index (χ3n) is 3.64. The highest BCUT2D eigenvalue weighted by Gasteiger charge is 2.20. The Bertz CT molecular complexity index is 888. The predicted octanol–water partition coefficient (Wildman–Crippen LogP) is 4.41. The summed E-state index contributed by atoms with van der Waals surface area (Å²) in [5.41, 5.74) is 2.45. The van der Waals surface area contributed by atoms with Crippen molar-refractivity contribution in [3.63, 3.8) is 0 Å². The molecular formula is C17H15N2S2+. The number of aryl methyl sites for hydroxylation is 1. The number of thiazole rings is 2. The molecule has 4 aromatic rings. The lowest BCUT2D eigenvalue weighted by Crippen LogP contribution is -2.34. The van der Waals surface area contributed by atoms with Crippen LogP contribution in [-0.2, 0) is 13.0 Å². The van der Waals surface area contributed by atoms with Gasteiger partial charge in [0.15, 0.2) is 0 Å². The summed E-state index contributed by atoms with van der Waals surface area (Å²) in [4.78, 5) is 4.77. The summed E-state index contributed by atoms with van der Waals surface area (Å²) in [7, 11) is 0. The van der Waals surface area contributed by atoms with Crippen LogP contribution in [0.15, 0.2) is 48.5 Å². The molecule has 0 saturated heterocycles. The van der Waals surface area contributed by atoms with Crippen LogP contribution in [-0.4, -0.2) is 4.98 Å². The number of aromatic nitrogens is 2. The highest BCUT2D eigenvalue weighted by molar-refractivity contribution is 7.19. The van der Waals surface area contributed by atoms with Crippen molar-refractivity contribution < 1.29 is 4.57 Å². The smallest absolute Gasteiger partial charge is 0.241 e. The molecule has 0 radical (unpaired) electrons. The van der Waals surface area contributed by atoms with E-state index in [9.17, 15) is 0 Å². The maximum Gasteiger partial charge on any atom is 0.245 e. The van der Waals surface area contributed by atoms with E-state index in [1.807, 2.05) is 11.3 Å². The fourth-order valence-electron chi connectivity index (χ4n) is 2.69. The molecule has 0 saturated carbocycles. The van der Waals surface area contributed by atoms with Gasteiger partial charge >= 0.3 is 0 Å². The third kappa shape index (κ3) is 2.24. The Morgan fingerprint density at radius 2 is 1.71 bits per heavy atom. The molecule has 2 nitrogen and oxygen atoms in total. The molecule has 0 aliphatic carbocycles. The largest absolute Gasteiger partial charge is 0.245 e. The summed E-state index contributed by atoms with van der Waals surface area (Å²) in [5.74, 6) is 0. The van der Waals surface area contributed by atoms with Gasteiger partial charge < -0.3 is 0 Å². The number of fused-ring (bicyclic) bond motifs is 2. The van der Waals surface area contributed by atoms with E-state index in [0.29, 0.717) is 0 Å². The van der Waals surface area contributed by atoms with Gasteiger partial charge in [-0.15, -0.1) is 11.3 Å². The molecule has 0 N–H and O–H groups in total. The van der Waals surface area contributed by atoms with Gasteiger partial charge in [-0.3, -0.25) is 0 Å². The Balaban J connectivity index is 1.79. The molecule has 104 valence electrons. The van der Waals surface area contributed by atoms with E-state index >= 15 is 0 Å². The molecule has 0 atom stereocenters. The predicted molar refractivity (Wildman–Crippen MR) is 90.1 cm³/mol. The summed E-state index contributed by atoms with van der Waals surface area (Å²) in [6, 6.07) is 17.0. The first kappa shape index (κ1) is 12.9. The standard InChI is InChI=1S/C17H15N2S2/c1-2-19-13-8-4-6-10-15(13)21-17(19)11-16-18-12-7-3-5-9-14(12)20-16/h3-10H,2,11H2,1H3/q+1. The lowest BCUT2D eigenvalue weighted by Gasteiger charge is -1.93. The molecule has 0 spiro atoms. The molecule has 0 aliphatic heterocycles. The Hall–Kier alpha value is -1.78. The minimum Gasteiger partial charge on any atom is -0.241 e. The highest BCUT2D eigenvalue weighted by Crippen LogP contribution is 2.26. The topological polar surface area (TPSA) is 16.8 Å². The van der Waals surface area contributed by atoms with Crippen molar-refractivity contribution >= 4 is 43.1 Å². The van der Waals surface area contributed by atoms with Crippen LogP contribution < -0.4 is 4.57 Å². The summed E-state index contributed by atoms with van der Waals surface area (Å²) in [6.07, 6.45) is 0.923. The first-order valence-corrected chi connectivity index (χ1v) is 8.73. The van der Waals surface area contributed by atoms with Crippen molar-refractivity contribution in [1.82, 2.24) is 4.98 Å². The monoisotopic (exact) mass is 311 g/mol. The fraction of sp³-hybridized carbons (Fsp3) is 0.176. The lowest BCUT2D eigenvalue weighted by molar-refractivity contribution is -0.670. The summed E-state index contributed by atoms with van der Waals surface area (Å²) >= 11 is 3.69. The lowest BCUT2D eigenvalue weighted by atomic mass is 10.3. The molecule has 2 aromatic carbocycles. The van der Waals surface area contributed by atoms with E-state index < -0.39 is 0 Å². The van der Waals surface area contributed by atoms with Crippen molar-refractivity contribution in [2.24, 2.45) is 0 Å². The zero-order chi connectivity index (χ0) is 14.2. The van der Waals surface area contributed by atoms with Gasteiger partial charge in [-0.25, -0.2) is 4.98 Å². The minimum absolute atomic E-state index is 0.923. The summed E-state index contributed by atoms with van der Waals surface area (Å²) in [6.45, 7) is 3.21. The molecule has 0 aliphatic rings. The molecule has 0 fully saturated rings. The van der Waals surface area contributed by atoms with E-state index in [0.717, 1.165) is 18.5 Å². The van der Waals surface area contributed by atoms with Gasteiger partial charge in [-0.2, -0.15) is 4.57 Å². The van der Waals surface area contributed by atoms with E-state index in [4.69, 9.17) is 4.98 Å². The number of hydrogen-bond donors (Lipinski definition) is 0. The fourth-order valence-corrected chi connectivity index (χ4v) is 4.98. The van der Waals surface area contributed by atoms with E-state index in [2.05, 4.69) is 60.0 Å². The van der Waals surface area contributed by atoms with E-state index in [1.54, 1.807) is 11.3 Å². The van der Waals surface area contributed by atoms with Crippen LogP contribution in [0.3, 0.4) is 0 Å². The van der Waals surface area contributed by atoms with E-state index in [1.165, 1.54) is 24.9 Å². The van der Waals surface area contributed by atoms with Gasteiger partial charge in [0, 0.05) is 6.07 Å². The Morgan fingerprint density at radius 3 is 2.52 bits per heavy atom. The maximum absolute atomic E-state index is 4.77. The Labute approximate surface area is 131 Å². The van der Waals surface area contributed by atoms with Crippen LogP contribution in [0, 0.1) is 0 Å². The molecule has 2 aromatic heterocycles. The molecule has 0 bridgehead atoms. The van der Waals surface area contributed by atoms with Crippen LogP contribution in [0.2, 0.25) is 0 Å². The number of hydrogen-bond acceptors (Lipinski definition) is 3. The third-order valence-corrected chi connectivity index (χ3v) is 5.84. The second kappa shape index (κ2) is 5.20. The van der Waals surface area contributed by atoms with Crippen LogP contribution in [0.1, 0.15) is 16.9 Å². The van der Waals surface area contributed by atoms with Gasteiger partial charge in [0.2, 0.25) is 10.5 Å². The van der Waals surface area contributed by atoms with E-state index in [-0.39, 0.29) is 0 Å². The Morgan fingerprint density at radius 1 is 0.952 bits per heavy atom. The molecule has 21 heavy (non-hydrogen) atoms. The van der Waals surface area contributed by atoms with Crippen molar-refractivity contribution in [2.75, 3.05) is 0 Å². The number of benzene rings is 2. The average Bonchev–Trinajstić information content (AvgIpc) is 3.06. The van der Waals surface area contributed by atoms with Crippen molar-refractivity contribution in [2.45, 2.75) is 19.9 Å². The first-order valence-electron chi connectivity index (χ1n) is 7.10. The Kier molecular flexibility index (Phi) is 3.20. The molecule has 4 rings (SSSR count). The molecule has 0 amide bonds. The van der Waals surface area contributed by atoms with Gasteiger partial charge in [-0.1, -0.05) is 35.6 Å². The minimum atomic E-state index is 0.923. The van der Waals surface area contributed by atoms with Gasteiger partial charge in [-0.05, 0) is 25.1 Å². The maximum atomic E-state index is 4.77. The first-order chi connectivity index (χ1) is 10.3. The molecule has 4 heteroatoms. The van der Waals surface area contributed by atoms with Crippen LogP contribution in [0.5, 0.6) is 0 Å². The SMILES string of the molecule is CC[n+]1c(Cc2nc3ccccc3s2)sc2ccccc21. The number of nitrogens with zero attached hydrogens (tertiary/aromatic N) is 2. The number of para-hydroxylation sites is 2. The number of rotatable bonds is 3. The quantitative estimate of drug-likeness (QED) is 0.512. The zero-order valence-electron chi connectivity index (χ0n) is 11.7. The zero-order valence-corrected chi connectivity index (χ0v) is 13.4. The molecule has 0 unspecified atom stereocenters.